The van der Waals surface area contributed by atoms with Gasteiger partial charge in [-0.15, -0.1) is 0 Å². The highest BCUT2D eigenvalue weighted by molar-refractivity contribution is 7.52. The predicted octanol–water partition coefficient (Wildman–Crippen LogP) is 2.64. The van der Waals surface area contributed by atoms with Gasteiger partial charge in [-0.05, 0) is 50.2 Å². The average Bonchev–Trinajstić information content (AvgIpc) is 3.36. The monoisotopic (exact) mass is 549 g/mol. The standard InChI is InChI=1S/C24H25FN3O9P/c1-15-12-28(24(31)26-22(15)29)20-13-33-21(36-20)14-34-38(32,37-19-10-8-17(25)9-11-19)27-16(2)23(30)35-18-6-4-3-5-7-18/h3-12,16,20-21H,13-14H2,1-2H3,(H,27,32)(H,26,29,31)/t16-,20+,21+,38?/m0/s1. The first-order chi connectivity index (χ1) is 18.1. The maximum absolute atomic E-state index is 13.6. The lowest BCUT2D eigenvalue weighted by atomic mass is 10.3. The smallest absolute Gasteiger partial charge is 0.425 e. The van der Waals surface area contributed by atoms with Gasteiger partial charge in [-0.1, -0.05) is 18.2 Å². The minimum absolute atomic E-state index is 0.00672. The number of nitrogens with zero attached hydrogens (tertiary/aromatic N) is 1. The molecular weight excluding hydrogens is 524 g/mol. The van der Waals surface area contributed by atoms with Gasteiger partial charge in [0.1, 0.15) is 30.0 Å². The number of hydrogen-bond donors (Lipinski definition) is 2. The zero-order valence-corrected chi connectivity index (χ0v) is 21.3. The van der Waals surface area contributed by atoms with E-state index in [0.29, 0.717) is 5.56 Å². The van der Waals surface area contributed by atoms with E-state index in [-0.39, 0.29) is 18.1 Å². The minimum atomic E-state index is -4.29. The maximum atomic E-state index is 13.6. The second-order valence-corrected chi connectivity index (χ2v) is 9.95. The first-order valence-corrected chi connectivity index (χ1v) is 13.0. The van der Waals surface area contributed by atoms with Crippen LogP contribution in [0, 0.1) is 12.7 Å². The number of aromatic amines is 1. The summed E-state index contributed by atoms with van der Waals surface area (Å²) in [6.45, 7) is 2.44. The number of H-pyrrole nitrogens is 1. The van der Waals surface area contributed by atoms with Crippen LogP contribution in [0.5, 0.6) is 11.5 Å². The van der Waals surface area contributed by atoms with Crippen molar-refractivity contribution in [3.8, 4) is 11.5 Å². The molecule has 14 heteroatoms. The van der Waals surface area contributed by atoms with Crippen molar-refractivity contribution in [3.05, 3.63) is 93.0 Å². The Morgan fingerprint density at radius 1 is 1.18 bits per heavy atom. The summed E-state index contributed by atoms with van der Waals surface area (Å²) in [6, 6.07) is 11.8. The molecule has 202 valence electrons. The molecular formula is C24H25FN3O9P. The van der Waals surface area contributed by atoms with Gasteiger partial charge in [-0.2, -0.15) is 5.09 Å². The van der Waals surface area contributed by atoms with Crippen molar-refractivity contribution in [3.63, 3.8) is 0 Å². The van der Waals surface area contributed by atoms with E-state index in [4.69, 9.17) is 23.3 Å². The number of halogens is 1. The van der Waals surface area contributed by atoms with Crippen LogP contribution in [0.2, 0.25) is 0 Å². The zero-order valence-electron chi connectivity index (χ0n) is 20.4. The molecule has 1 aliphatic rings. The van der Waals surface area contributed by atoms with Crippen LogP contribution in [0.25, 0.3) is 0 Å². The molecule has 1 unspecified atom stereocenters. The Morgan fingerprint density at radius 3 is 2.61 bits per heavy atom. The molecule has 0 amide bonds. The van der Waals surface area contributed by atoms with Crippen molar-refractivity contribution in [2.75, 3.05) is 13.2 Å². The molecule has 0 saturated carbocycles. The number of carbonyl (C=O) groups excluding carboxylic acids is 1. The van der Waals surface area contributed by atoms with E-state index < -0.39 is 55.9 Å². The van der Waals surface area contributed by atoms with Gasteiger partial charge < -0.3 is 18.7 Å². The Bertz CT molecular complexity index is 1430. The molecule has 4 atom stereocenters. The van der Waals surface area contributed by atoms with E-state index in [9.17, 15) is 23.3 Å². The minimum Gasteiger partial charge on any atom is -0.425 e. The Morgan fingerprint density at radius 2 is 1.89 bits per heavy atom. The van der Waals surface area contributed by atoms with Crippen molar-refractivity contribution in [2.24, 2.45) is 0 Å². The van der Waals surface area contributed by atoms with Crippen molar-refractivity contribution in [1.82, 2.24) is 14.6 Å². The Balaban J connectivity index is 1.44. The number of benzene rings is 2. The summed E-state index contributed by atoms with van der Waals surface area (Å²) in [5.74, 6) is -1.00. The molecule has 2 heterocycles. The first kappa shape index (κ1) is 27.4. The largest absolute Gasteiger partial charge is 0.459 e. The number of esters is 1. The van der Waals surface area contributed by atoms with Crippen LogP contribution in [0.3, 0.4) is 0 Å². The molecule has 0 spiro atoms. The fraction of sp³-hybridized carbons (Fsp3) is 0.292. The molecule has 0 aliphatic carbocycles. The van der Waals surface area contributed by atoms with Crippen molar-refractivity contribution in [1.29, 1.82) is 0 Å². The number of ether oxygens (including phenoxy) is 3. The Labute approximate surface area is 215 Å². The maximum Gasteiger partial charge on any atom is 0.459 e. The van der Waals surface area contributed by atoms with Gasteiger partial charge in [0.15, 0.2) is 12.5 Å². The molecule has 1 aromatic heterocycles. The predicted molar refractivity (Wildman–Crippen MR) is 131 cm³/mol. The number of para-hydroxylation sites is 1. The third kappa shape index (κ3) is 7.03. The van der Waals surface area contributed by atoms with Gasteiger partial charge in [0.2, 0.25) is 0 Å². The molecule has 38 heavy (non-hydrogen) atoms. The molecule has 2 aromatic carbocycles. The third-order valence-electron chi connectivity index (χ3n) is 5.28. The molecule has 1 saturated heterocycles. The number of rotatable bonds is 10. The quantitative estimate of drug-likeness (QED) is 0.220. The highest BCUT2D eigenvalue weighted by Gasteiger charge is 2.36. The second-order valence-electron chi connectivity index (χ2n) is 8.26. The van der Waals surface area contributed by atoms with Gasteiger partial charge in [0, 0.05) is 11.8 Å². The average molecular weight is 549 g/mol. The summed E-state index contributed by atoms with van der Waals surface area (Å²) in [5, 5.41) is 2.50. The SMILES string of the molecule is Cc1cn([C@H]2CO[C@@H](COP(=O)(N[C@@H](C)C(=O)Oc3ccccc3)Oc3ccc(F)cc3)O2)c(=O)[nH]c1=O. The van der Waals surface area contributed by atoms with Crippen LogP contribution < -0.4 is 25.6 Å². The number of hydrogen-bond acceptors (Lipinski definition) is 9. The molecule has 1 aliphatic heterocycles. The summed E-state index contributed by atoms with van der Waals surface area (Å²) in [4.78, 5) is 38.5. The lowest BCUT2D eigenvalue weighted by molar-refractivity contribution is -0.136. The van der Waals surface area contributed by atoms with Crippen LogP contribution in [0.1, 0.15) is 18.7 Å². The highest BCUT2D eigenvalue weighted by Crippen LogP contribution is 2.45. The number of aryl methyl sites for hydroxylation is 1. The molecule has 12 nitrogen and oxygen atoms in total. The molecule has 0 radical (unpaired) electrons. The van der Waals surface area contributed by atoms with Crippen molar-refractivity contribution in [2.45, 2.75) is 32.4 Å². The van der Waals surface area contributed by atoms with Gasteiger partial charge in [-0.3, -0.25) is 18.9 Å². The molecule has 0 bridgehead atoms. The molecule has 1 fully saturated rings. The summed E-state index contributed by atoms with van der Waals surface area (Å²) < 4.78 is 55.5. The van der Waals surface area contributed by atoms with Crippen molar-refractivity contribution >= 4 is 13.7 Å². The number of nitrogens with one attached hydrogen (secondary N) is 2. The molecule has 3 aromatic rings. The third-order valence-corrected chi connectivity index (χ3v) is 6.92. The number of aromatic nitrogens is 2. The van der Waals surface area contributed by atoms with Crippen molar-refractivity contribution < 1.29 is 37.0 Å². The van der Waals surface area contributed by atoms with E-state index in [1.807, 2.05) is 0 Å². The Hall–Kier alpha value is -3.61. The van der Waals surface area contributed by atoms with E-state index in [0.717, 1.165) is 16.7 Å². The second kappa shape index (κ2) is 11.8. The fourth-order valence-electron chi connectivity index (χ4n) is 3.34. The molecule has 2 N–H and O–H groups in total. The van der Waals surface area contributed by atoms with Gasteiger partial charge in [-0.25, -0.2) is 18.5 Å². The van der Waals surface area contributed by atoms with Crippen LogP contribution in [0.15, 0.2) is 70.4 Å². The van der Waals surface area contributed by atoms with Gasteiger partial charge in [0.25, 0.3) is 5.56 Å². The van der Waals surface area contributed by atoms with Crippen LogP contribution in [-0.4, -0.2) is 41.1 Å². The summed E-state index contributed by atoms with van der Waals surface area (Å²) in [5.41, 5.74) is -0.908. The number of carbonyl (C=O) groups is 1. The van der Waals surface area contributed by atoms with Crippen LogP contribution in [-0.2, 0) is 23.4 Å². The fourth-order valence-corrected chi connectivity index (χ4v) is 4.82. The van der Waals surface area contributed by atoms with E-state index >= 15 is 0 Å². The van der Waals surface area contributed by atoms with E-state index in [1.54, 1.807) is 30.3 Å². The van der Waals surface area contributed by atoms with Gasteiger partial charge in [0.05, 0.1) is 6.61 Å². The summed E-state index contributed by atoms with van der Waals surface area (Å²) in [6.07, 6.45) is -0.614. The topological polar surface area (TPSA) is 147 Å². The lowest BCUT2D eigenvalue weighted by Gasteiger charge is -2.23. The normalized spacial score (nSPS) is 19.4. The van der Waals surface area contributed by atoms with Gasteiger partial charge >= 0.3 is 19.4 Å². The Kier molecular flexibility index (Phi) is 8.55. The lowest BCUT2D eigenvalue weighted by Crippen LogP contribution is -2.37. The zero-order chi connectivity index (χ0) is 27.3. The van der Waals surface area contributed by atoms with E-state index in [2.05, 4.69) is 10.1 Å². The summed E-state index contributed by atoms with van der Waals surface area (Å²) >= 11 is 0. The highest BCUT2D eigenvalue weighted by atomic mass is 31.2. The molecule has 4 rings (SSSR count). The van der Waals surface area contributed by atoms with Crippen LogP contribution >= 0.6 is 7.75 Å². The van der Waals surface area contributed by atoms with E-state index in [1.165, 1.54) is 32.2 Å². The summed E-state index contributed by atoms with van der Waals surface area (Å²) in [7, 11) is -4.29. The first-order valence-electron chi connectivity index (χ1n) is 11.5. The van der Waals surface area contributed by atoms with Crippen LogP contribution in [0.4, 0.5) is 4.39 Å².